The van der Waals surface area contributed by atoms with Crippen molar-refractivity contribution in [3.8, 4) is 0 Å². The molecule has 0 saturated carbocycles. The smallest absolute Gasteiger partial charge is 0.123 e. The second kappa shape index (κ2) is 9.29. The van der Waals surface area contributed by atoms with Crippen molar-refractivity contribution in [3.63, 3.8) is 0 Å². The van der Waals surface area contributed by atoms with E-state index in [1.165, 1.54) is 17.7 Å². The van der Waals surface area contributed by atoms with Gasteiger partial charge in [0.15, 0.2) is 0 Å². The van der Waals surface area contributed by atoms with Gasteiger partial charge in [-0.3, -0.25) is 0 Å². The van der Waals surface area contributed by atoms with Gasteiger partial charge >= 0.3 is 0 Å². The van der Waals surface area contributed by atoms with Crippen LogP contribution in [-0.4, -0.2) is 13.1 Å². The third-order valence-electron chi connectivity index (χ3n) is 2.88. The van der Waals surface area contributed by atoms with Crippen molar-refractivity contribution in [3.05, 3.63) is 77.6 Å². The molecule has 0 aliphatic carbocycles. The Morgan fingerprint density at radius 2 is 1.65 bits per heavy atom. The van der Waals surface area contributed by atoms with Crippen LogP contribution in [0.1, 0.15) is 11.1 Å². The van der Waals surface area contributed by atoms with Gasteiger partial charge in [-0.2, -0.15) is 0 Å². The van der Waals surface area contributed by atoms with Crippen LogP contribution in [0, 0.1) is 5.82 Å². The average Bonchev–Trinajstić information content (AvgIpc) is 2.46. The zero-order valence-electron chi connectivity index (χ0n) is 11.3. The molecule has 0 aliphatic heterocycles. The van der Waals surface area contributed by atoms with Crippen LogP contribution < -0.4 is 5.32 Å². The molecule has 0 amide bonds. The van der Waals surface area contributed by atoms with Crippen LogP contribution in [0.25, 0.3) is 6.08 Å². The number of benzene rings is 2. The van der Waals surface area contributed by atoms with E-state index in [0.717, 1.165) is 25.1 Å². The van der Waals surface area contributed by atoms with Crippen molar-refractivity contribution in [1.82, 2.24) is 5.32 Å². The lowest BCUT2D eigenvalue weighted by Crippen LogP contribution is -2.16. The highest BCUT2D eigenvalue weighted by Crippen LogP contribution is 2.03. The van der Waals surface area contributed by atoms with Gasteiger partial charge in [-0.1, -0.05) is 54.6 Å². The standard InChI is InChI=1S/C17H18FN.ClH/c18-17-10-8-16(9-11-17)12-14-19-13-4-7-15-5-2-1-3-6-15;/h1-11,19H,12-14H2;1H/b7-4+;. The molecule has 0 atom stereocenters. The number of halogens is 2. The van der Waals surface area contributed by atoms with Gasteiger partial charge in [0, 0.05) is 6.54 Å². The number of nitrogens with one attached hydrogen (secondary N) is 1. The van der Waals surface area contributed by atoms with Crippen molar-refractivity contribution in [2.75, 3.05) is 13.1 Å². The van der Waals surface area contributed by atoms with E-state index in [0.29, 0.717) is 0 Å². The Bertz CT molecular complexity index is 508. The first-order valence-corrected chi connectivity index (χ1v) is 6.51. The van der Waals surface area contributed by atoms with E-state index >= 15 is 0 Å². The maximum Gasteiger partial charge on any atom is 0.123 e. The van der Waals surface area contributed by atoms with E-state index in [2.05, 4.69) is 29.6 Å². The lowest BCUT2D eigenvalue weighted by Gasteiger charge is -2.02. The van der Waals surface area contributed by atoms with E-state index in [-0.39, 0.29) is 18.2 Å². The molecule has 0 saturated heterocycles. The Hall–Kier alpha value is -1.64. The molecule has 0 heterocycles. The first-order valence-electron chi connectivity index (χ1n) is 6.51. The van der Waals surface area contributed by atoms with Crippen LogP contribution in [0.3, 0.4) is 0 Å². The third kappa shape index (κ3) is 6.00. The highest BCUT2D eigenvalue weighted by atomic mass is 35.5. The van der Waals surface area contributed by atoms with Gasteiger partial charge in [0.2, 0.25) is 0 Å². The van der Waals surface area contributed by atoms with Crippen molar-refractivity contribution in [2.24, 2.45) is 0 Å². The highest BCUT2D eigenvalue weighted by molar-refractivity contribution is 5.85. The molecule has 0 aromatic heterocycles. The van der Waals surface area contributed by atoms with Gasteiger partial charge in [0.25, 0.3) is 0 Å². The number of hydrogen-bond acceptors (Lipinski definition) is 1. The molecule has 2 aromatic carbocycles. The van der Waals surface area contributed by atoms with Crippen molar-refractivity contribution in [2.45, 2.75) is 6.42 Å². The summed E-state index contributed by atoms with van der Waals surface area (Å²) >= 11 is 0. The van der Waals surface area contributed by atoms with Crippen LogP contribution in [0.5, 0.6) is 0 Å². The molecule has 3 heteroatoms. The maximum absolute atomic E-state index is 12.7. The van der Waals surface area contributed by atoms with Crippen LogP contribution >= 0.6 is 12.4 Å². The summed E-state index contributed by atoms with van der Waals surface area (Å²) < 4.78 is 12.7. The highest BCUT2D eigenvalue weighted by Gasteiger charge is 1.93. The van der Waals surface area contributed by atoms with Gasteiger partial charge in [-0.25, -0.2) is 4.39 Å². The molecule has 1 N–H and O–H groups in total. The lowest BCUT2D eigenvalue weighted by molar-refractivity contribution is 0.626. The summed E-state index contributed by atoms with van der Waals surface area (Å²) in [5.41, 5.74) is 2.36. The largest absolute Gasteiger partial charge is 0.313 e. The summed E-state index contributed by atoms with van der Waals surface area (Å²) in [6.07, 6.45) is 5.13. The maximum atomic E-state index is 12.7. The zero-order valence-corrected chi connectivity index (χ0v) is 12.1. The molecule has 106 valence electrons. The number of hydrogen-bond donors (Lipinski definition) is 1. The lowest BCUT2D eigenvalue weighted by atomic mass is 10.1. The van der Waals surface area contributed by atoms with Gasteiger partial charge in [0.05, 0.1) is 0 Å². The average molecular weight is 292 g/mol. The molecule has 0 unspecified atom stereocenters. The summed E-state index contributed by atoms with van der Waals surface area (Å²) in [5.74, 6) is -0.178. The SMILES string of the molecule is Cl.Fc1ccc(CCNC/C=C/c2ccccc2)cc1. The predicted octanol–water partition coefficient (Wildman–Crippen LogP) is 4.09. The molecule has 0 bridgehead atoms. The number of rotatable bonds is 6. The third-order valence-corrected chi connectivity index (χ3v) is 2.88. The van der Waals surface area contributed by atoms with Crippen LogP contribution in [0.4, 0.5) is 4.39 Å². The minimum Gasteiger partial charge on any atom is -0.313 e. The second-order valence-corrected chi connectivity index (χ2v) is 4.39. The Morgan fingerprint density at radius 1 is 0.950 bits per heavy atom. The topological polar surface area (TPSA) is 12.0 Å². The fourth-order valence-corrected chi connectivity index (χ4v) is 1.83. The van der Waals surface area contributed by atoms with Gasteiger partial charge in [-0.15, -0.1) is 12.4 Å². The van der Waals surface area contributed by atoms with Gasteiger partial charge < -0.3 is 5.32 Å². The molecule has 1 nitrogen and oxygen atoms in total. The summed E-state index contributed by atoms with van der Waals surface area (Å²) in [7, 11) is 0. The zero-order chi connectivity index (χ0) is 13.3. The van der Waals surface area contributed by atoms with E-state index in [4.69, 9.17) is 0 Å². The quantitative estimate of drug-likeness (QED) is 0.790. The van der Waals surface area contributed by atoms with Crippen LogP contribution in [-0.2, 0) is 6.42 Å². The molecule has 0 radical (unpaired) electrons. The molecule has 20 heavy (non-hydrogen) atoms. The van der Waals surface area contributed by atoms with Crippen molar-refractivity contribution in [1.29, 1.82) is 0 Å². The monoisotopic (exact) mass is 291 g/mol. The predicted molar refractivity (Wildman–Crippen MR) is 85.7 cm³/mol. The molecular formula is C17H19ClFN. The van der Waals surface area contributed by atoms with Crippen LogP contribution in [0.15, 0.2) is 60.7 Å². The fraction of sp³-hybridized carbons (Fsp3) is 0.176. The summed E-state index contributed by atoms with van der Waals surface area (Å²) in [5, 5.41) is 3.34. The fourth-order valence-electron chi connectivity index (χ4n) is 1.83. The molecule has 2 rings (SSSR count). The van der Waals surface area contributed by atoms with Gasteiger partial charge in [0.1, 0.15) is 5.82 Å². The molecule has 0 fully saturated rings. The van der Waals surface area contributed by atoms with E-state index < -0.39 is 0 Å². The first kappa shape index (κ1) is 16.4. The Labute approximate surface area is 125 Å². The van der Waals surface area contributed by atoms with E-state index in [9.17, 15) is 4.39 Å². The van der Waals surface area contributed by atoms with Crippen molar-refractivity contribution < 1.29 is 4.39 Å². The van der Waals surface area contributed by atoms with E-state index in [1.54, 1.807) is 0 Å². The Kier molecular flexibility index (Phi) is 7.63. The summed E-state index contributed by atoms with van der Waals surface area (Å²) in [4.78, 5) is 0. The minimum absolute atomic E-state index is 0. The normalized spacial score (nSPS) is 10.4. The summed E-state index contributed by atoms with van der Waals surface area (Å²) in [6.45, 7) is 1.74. The molecule has 2 aromatic rings. The molecule has 0 aliphatic rings. The second-order valence-electron chi connectivity index (χ2n) is 4.39. The molecule has 0 spiro atoms. The minimum atomic E-state index is -0.178. The van der Waals surface area contributed by atoms with E-state index in [1.807, 2.05) is 30.3 Å². The first-order chi connectivity index (χ1) is 9.34. The molecular weight excluding hydrogens is 273 g/mol. The van der Waals surface area contributed by atoms with Crippen LogP contribution in [0.2, 0.25) is 0 Å². The summed E-state index contributed by atoms with van der Waals surface area (Å²) in [6, 6.07) is 16.9. The van der Waals surface area contributed by atoms with Gasteiger partial charge in [-0.05, 0) is 36.2 Å². The van der Waals surface area contributed by atoms with Crippen molar-refractivity contribution >= 4 is 18.5 Å². The Balaban J connectivity index is 0.00000200. The Morgan fingerprint density at radius 3 is 2.35 bits per heavy atom.